The summed E-state index contributed by atoms with van der Waals surface area (Å²) in [5.41, 5.74) is 11.0. The molecule has 6 heteroatoms. The molecule has 4 aromatic carbocycles. The summed E-state index contributed by atoms with van der Waals surface area (Å²) in [4.78, 5) is 15.2. The number of carbonyl (C=O) groups excluding carboxylic acids is 1. The highest BCUT2D eigenvalue weighted by atomic mass is 16.5. The molecule has 0 fully saturated rings. The molecule has 0 spiro atoms. The van der Waals surface area contributed by atoms with E-state index in [1.165, 1.54) is 11.1 Å². The smallest absolute Gasteiger partial charge is 0.435 e. The Bertz CT molecular complexity index is 1400. The zero-order valence-corrected chi connectivity index (χ0v) is 22.6. The maximum atomic E-state index is 11.5. The summed E-state index contributed by atoms with van der Waals surface area (Å²) in [7, 11) is 0. The number of carbonyl (C=O) groups is 1. The first-order valence-corrected chi connectivity index (χ1v) is 13.0. The van der Waals surface area contributed by atoms with E-state index >= 15 is 0 Å². The van der Waals surface area contributed by atoms with E-state index in [9.17, 15) is 4.79 Å². The van der Waals surface area contributed by atoms with Gasteiger partial charge in [0.15, 0.2) is 0 Å². The molecule has 0 unspecified atom stereocenters. The topological polar surface area (TPSA) is 83.1 Å². The highest BCUT2D eigenvalue weighted by Gasteiger charge is 2.22. The van der Waals surface area contributed by atoms with Crippen LogP contribution in [0.1, 0.15) is 48.6 Å². The van der Waals surface area contributed by atoms with Gasteiger partial charge in [-0.2, -0.15) is 4.99 Å². The molecule has 0 atom stereocenters. The Kier molecular flexibility index (Phi) is 9.00. The minimum Gasteiger partial charge on any atom is -0.489 e. The van der Waals surface area contributed by atoms with Crippen LogP contribution in [0.25, 0.3) is 0 Å². The maximum absolute atomic E-state index is 11.5. The van der Waals surface area contributed by atoms with Crippen molar-refractivity contribution in [2.24, 2.45) is 10.7 Å². The van der Waals surface area contributed by atoms with Crippen LogP contribution in [0.15, 0.2) is 108 Å². The molecule has 0 radical (unpaired) electrons. The number of aliphatic imine (C=N–C) groups is 1. The molecule has 0 saturated carbocycles. The molecule has 0 bridgehead atoms. The average molecular weight is 523 g/mol. The van der Waals surface area contributed by atoms with E-state index in [4.69, 9.17) is 19.9 Å². The van der Waals surface area contributed by atoms with Crippen molar-refractivity contribution in [3.05, 3.63) is 131 Å². The number of ether oxygens (including phenoxy) is 3. The molecule has 0 heterocycles. The third kappa shape index (κ3) is 7.48. The van der Waals surface area contributed by atoms with E-state index in [0.717, 1.165) is 16.9 Å². The van der Waals surface area contributed by atoms with Gasteiger partial charge in [0, 0.05) is 11.0 Å². The fourth-order valence-electron chi connectivity index (χ4n) is 4.17. The van der Waals surface area contributed by atoms with E-state index in [-0.39, 0.29) is 17.9 Å². The zero-order valence-electron chi connectivity index (χ0n) is 22.6. The summed E-state index contributed by atoms with van der Waals surface area (Å²) in [5.74, 6) is 1.61. The molecule has 200 valence electrons. The highest BCUT2D eigenvalue weighted by molar-refractivity contribution is 6.02. The number of amides is 1. The van der Waals surface area contributed by atoms with E-state index < -0.39 is 6.09 Å². The van der Waals surface area contributed by atoms with Crippen molar-refractivity contribution >= 4 is 11.9 Å². The monoisotopic (exact) mass is 522 g/mol. The van der Waals surface area contributed by atoms with E-state index in [0.29, 0.717) is 24.5 Å². The minimum absolute atomic E-state index is 0.0860. The molecule has 4 aromatic rings. The number of amidine groups is 1. The molecule has 0 aromatic heterocycles. The number of hydrogen-bond donors (Lipinski definition) is 1. The molecule has 1 amide bonds. The van der Waals surface area contributed by atoms with Crippen LogP contribution in [-0.2, 0) is 23.4 Å². The fourth-order valence-corrected chi connectivity index (χ4v) is 4.17. The van der Waals surface area contributed by atoms with Gasteiger partial charge in [0.1, 0.15) is 30.5 Å². The van der Waals surface area contributed by atoms with Crippen LogP contribution in [0, 0.1) is 0 Å². The van der Waals surface area contributed by atoms with Gasteiger partial charge in [-0.05, 0) is 71.6 Å². The number of benzene rings is 4. The standard InChI is InChI=1S/C33H34N2O4/c1-4-37-32(36)35-31(34)26-13-17-29(18-14-26)38-22-24-9-8-10-25(21-24)23-39-30-19-15-28(16-20-30)33(2,3)27-11-6-5-7-12-27/h5-21H,4,22-23H2,1-3H3,(H2,34,35,36). The van der Waals surface area contributed by atoms with Crippen LogP contribution in [0.4, 0.5) is 4.79 Å². The molecule has 0 aliphatic carbocycles. The Hall–Kier alpha value is -4.58. The summed E-state index contributed by atoms with van der Waals surface area (Å²) in [5, 5.41) is 0. The SMILES string of the molecule is CCOC(=O)/N=C(\N)c1ccc(OCc2cccc(COc3ccc(C(C)(C)c4ccccc4)cc3)c2)cc1. The van der Waals surface area contributed by atoms with Crippen molar-refractivity contribution in [1.82, 2.24) is 0 Å². The molecule has 6 nitrogen and oxygen atoms in total. The number of rotatable bonds is 10. The Balaban J connectivity index is 1.31. The molecule has 0 aliphatic rings. The lowest BCUT2D eigenvalue weighted by Crippen LogP contribution is -2.18. The van der Waals surface area contributed by atoms with Gasteiger partial charge in [-0.15, -0.1) is 0 Å². The van der Waals surface area contributed by atoms with Crippen LogP contribution in [0.5, 0.6) is 11.5 Å². The van der Waals surface area contributed by atoms with Crippen LogP contribution in [0.2, 0.25) is 0 Å². The van der Waals surface area contributed by atoms with Crippen molar-refractivity contribution in [2.45, 2.75) is 39.4 Å². The Morgan fingerprint density at radius 3 is 1.85 bits per heavy atom. The Morgan fingerprint density at radius 1 is 0.744 bits per heavy atom. The number of hydrogen-bond acceptors (Lipinski definition) is 4. The molecular weight excluding hydrogens is 488 g/mol. The Morgan fingerprint density at radius 2 is 1.28 bits per heavy atom. The van der Waals surface area contributed by atoms with Crippen molar-refractivity contribution in [3.63, 3.8) is 0 Å². The molecule has 2 N–H and O–H groups in total. The van der Waals surface area contributed by atoms with Gasteiger partial charge < -0.3 is 19.9 Å². The largest absolute Gasteiger partial charge is 0.489 e. The van der Waals surface area contributed by atoms with Gasteiger partial charge in [0.05, 0.1) is 6.61 Å². The van der Waals surface area contributed by atoms with E-state index in [2.05, 4.69) is 61.3 Å². The van der Waals surface area contributed by atoms with Gasteiger partial charge in [-0.3, -0.25) is 0 Å². The van der Waals surface area contributed by atoms with Crippen molar-refractivity contribution < 1.29 is 19.0 Å². The summed E-state index contributed by atoms with van der Waals surface area (Å²) >= 11 is 0. The quantitative estimate of drug-likeness (QED) is 0.179. The lowest BCUT2D eigenvalue weighted by Gasteiger charge is -2.26. The molecule has 39 heavy (non-hydrogen) atoms. The molecule has 4 rings (SSSR count). The number of nitrogens with two attached hydrogens (primary N) is 1. The lowest BCUT2D eigenvalue weighted by atomic mass is 9.78. The average Bonchev–Trinajstić information content (AvgIpc) is 2.96. The van der Waals surface area contributed by atoms with Crippen molar-refractivity contribution in [3.8, 4) is 11.5 Å². The molecule has 0 saturated heterocycles. The van der Waals surface area contributed by atoms with Crippen molar-refractivity contribution in [1.29, 1.82) is 0 Å². The maximum Gasteiger partial charge on any atom is 0.435 e. The lowest BCUT2D eigenvalue weighted by molar-refractivity contribution is 0.163. The first-order chi connectivity index (χ1) is 18.8. The van der Waals surface area contributed by atoms with Gasteiger partial charge in [0.2, 0.25) is 0 Å². The van der Waals surface area contributed by atoms with E-state index in [1.54, 1.807) is 31.2 Å². The van der Waals surface area contributed by atoms with Gasteiger partial charge in [-0.1, -0.05) is 74.5 Å². The predicted molar refractivity (Wildman–Crippen MR) is 154 cm³/mol. The van der Waals surface area contributed by atoms with Crippen LogP contribution in [0.3, 0.4) is 0 Å². The van der Waals surface area contributed by atoms with Gasteiger partial charge in [-0.25, -0.2) is 4.79 Å². The second-order valence-corrected chi connectivity index (χ2v) is 9.63. The summed E-state index contributed by atoms with van der Waals surface area (Å²) in [6, 6.07) is 34.1. The Labute approximate surface area is 230 Å². The first kappa shape index (κ1) is 27.5. The van der Waals surface area contributed by atoms with Gasteiger partial charge >= 0.3 is 6.09 Å². The highest BCUT2D eigenvalue weighted by Crippen LogP contribution is 2.32. The van der Waals surface area contributed by atoms with Crippen LogP contribution < -0.4 is 15.2 Å². The second kappa shape index (κ2) is 12.8. The molecular formula is C33H34N2O4. The van der Waals surface area contributed by atoms with Crippen molar-refractivity contribution in [2.75, 3.05) is 6.61 Å². The minimum atomic E-state index is -0.705. The normalized spacial score (nSPS) is 11.6. The fraction of sp³-hybridized carbons (Fsp3) is 0.212. The summed E-state index contributed by atoms with van der Waals surface area (Å²) < 4.78 is 16.8. The summed E-state index contributed by atoms with van der Waals surface area (Å²) in [6.45, 7) is 7.29. The van der Waals surface area contributed by atoms with Crippen LogP contribution >= 0.6 is 0 Å². The summed E-state index contributed by atoms with van der Waals surface area (Å²) in [6.07, 6.45) is -0.705. The zero-order chi connectivity index (χ0) is 27.7. The van der Waals surface area contributed by atoms with Crippen LogP contribution in [-0.4, -0.2) is 18.5 Å². The van der Waals surface area contributed by atoms with Gasteiger partial charge in [0.25, 0.3) is 0 Å². The third-order valence-electron chi connectivity index (χ3n) is 6.50. The molecule has 0 aliphatic heterocycles. The second-order valence-electron chi connectivity index (χ2n) is 9.63. The first-order valence-electron chi connectivity index (χ1n) is 13.0. The van der Waals surface area contributed by atoms with E-state index in [1.807, 2.05) is 36.4 Å². The third-order valence-corrected chi connectivity index (χ3v) is 6.50. The predicted octanol–water partition coefficient (Wildman–Crippen LogP) is 7.03. The number of nitrogens with zero attached hydrogens (tertiary/aromatic N) is 1.